The lowest BCUT2D eigenvalue weighted by atomic mass is 10.1. The summed E-state index contributed by atoms with van der Waals surface area (Å²) < 4.78 is 0. The van der Waals surface area contributed by atoms with Crippen molar-refractivity contribution in [2.75, 3.05) is 11.9 Å². The van der Waals surface area contributed by atoms with E-state index in [4.69, 9.17) is 0 Å². The molecule has 0 heterocycles. The minimum atomic E-state index is -0.483. The lowest BCUT2D eigenvalue weighted by Crippen LogP contribution is -2.33. The van der Waals surface area contributed by atoms with Crippen LogP contribution in [0, 0.1) is 23.0 Å². The molecule has 0 radical (unpaired) electrons. The fourth-order valence-electron chi connectivity index (χ4n) is 1.99. The highest BCUT2D eigenvalue weighted by atomic mass is 16.6. The van der Waals surface area contributed by atoms with Crippen LogP contribution < -0.4 is 10.6 Å². The predicted octanol–water partition coefficient (Wildman–Crippen LogP) is 2.43. The molecule has 1 aromatic carbocycles. The first kappa shape index (κ1) is 16.9. The number of nitro groups is 1. The third-order valence-electron chi connectivity index (χ3n) is 3.02. The van der Waals surface area contributed by atoms with E-state index in [0.717, 1.165) is 0 Å². The van der Waals surface area contributed by atoms with Crippen LogP contribution in [-0.4, -0.2) is 28.7 Å². The highest BCUT2D eigenvalue weighted by Crippen LogP contribution is 2.22. The summed E-state index contributed by atoms with van der Waals surface area (Å²) in [7, 11) is 0. The van der Waals surface area contributed by atoms with Crippen molar-refractivity contribution in [1.82, 2.24) is 5.32 Å². The summed E-state index contributed by atoms with van der Waals surface area (Å²) in [4.78, 5) is 22.1. The number of carbonyl (C=O) groups excluding carboxylic acids is 1. The maximum absolute atomic E-state index is 11.7. The van der Waals surface area contributed by atoms with Crippen molar-refractivity contribution >= 4 is 17.4 Å². The van der Waals surface area contributed by atoms with Gasteiger partial charge >= 0.3 is 6.03 Å². The van der Waals surface area contributed by atoms with Crippen molar-refractivity contribution < 1.29 is 14.8 Å². The minimum Gasteiger partial charge on any atom is -0.393 e. The Morgan fingerprint density at radius 3 is 2.67 bits per heavy atom. The molecule has 116 valence electrons. The third-order valence-corrected chi connectivity index (χ3v) is 3.02. The summed E-state index contributed by atoms with van der Waals surface area (Å²) >= 11 is 0. The van der Waals surface area contributed by atoms with Gasteiger partial charge in [-0.25, -0.2) is 4.79 Å². The van der Waals surface area contributed by atoms with Crippen LogP contribution >= 0.6 is 0 Å². The molecule has 0 saturated heterocycles. The number of nitro benzene ring substituents is 1. The fourth-order valence-corrected chi connectivity index (χ4v) is 1.99. The normalized spacial score (nSPS) is 13.3. The summed E-state index contributed by atoms with van der Waals surface area (Å²) in [5.41, 5.74) is 0.875. The molecule has 0 spiro atoms. The molecule has 3 N–H and O–H groups in total. The number of aliphatic hydroxyl groups is 1. The van der Waals surface area contributed by atoms with E-state index >= 15 is 0 Å². The van der Waals surface area contributed by atoms with Crippen molar-refractivity contribution in [2.24, 2.45) is 5.92 Å². The number of hydrogen-bond acceptors (Lipinski definition) is 4. The van der Waals surface area contributed by atoms with Crippen LogP contribution in [0.3, 0.4) is 0 Å². The number of carbonyl (C=O) groups is 1. The standard InChI is InChI=1S/C14H21N3O4/c1-9(6-11(3)18)8-15-14(19)16-12-5-4-10(2)13(7-12)17(20)21/h4-5,7,9,11,18H,6,8H2,1-3H3,(H2,15,16,19). The molecule has 0 aliphatic heterocycles. The summed E-state index contributed by atoms with van der Waals surface area (Å²) in [5, 5.41) is 25.3. The predicted molar refractivity (Wildman–Crippen MR) is 80.3 cm³/mol. The lowest BCUT2D eigenvalue weighted by molar-refractivity contribution is -0.385. The van der Waals surface area contributed by atoms with Gasteiger partial charge < -0.3 is 15.7 Å². The van der Waals surface area contributed by atoms with E-state index in [-0.39, 0.29) is 11.6 Å². The van der Waals surface area contributed by atoms with Crippen LogP contribution in [0.5, 0.6) is 0 Å². The van der Waals surface area contributed by atoms with Gasteiger partial charge in [-0.05, 0) is 32.3 Å². The Morgan fingerprint density at radius 2 is 2.10 bits per heavy atom. The van der Waals surface area contributed by atoms with E-state index in [9.17, 15) is 20.0 Å². The number of aliphatic hydroxyl groups excluding tert-OH is 1. The first-order chi connectivity index (χ1) is 9.79. The van der Waals surface area contributed by atoms with Crippen molar-refractivity contribution in [3.63, 3.8) is 0 Å². The monoisotopic (exact) mass is 295 g/mol. The van der Waals surface area contributed by atoms with E-state index in [0.29, 0.717) is 24.2 Å². The molecule has 0 aromatic heterocycles. The molecule has 21 heavy (non-hydrogen) atoms. The quantitative estimate of drug-likeness (QED) is 0.553. The molecular weight excluding hydrogens is 274 g/mol. The second kappa shape index (κ2) is 7.58. The van der Waals surface area contributed by atoms with Gasteiger partial charge in [-0.3, -0.25) is 10.1 Å². The highest BCUT2D eigenvalue weighted by Gasteiger charge is 2.13. The van der Waals surface area contributed by atoms with Crippen LogP contribution in [0.1, 0.15) is 25.8 Å². The maximum atomic E-state index is 11.7. The molecule has 0 saturated carbocycles. The Balaban J connectivity index is 2.55. The molecule has 7 heteroatoms. The van der Waals surface area contributed by atoms with Gasteiger partial charge in [-0.1, -0.05) is 13.0 Å². The van der Waals surface area contributed by atoms with Gasteiger partial charge in [0.05, 0.1) is 11.0 Å². The first-order valence-corrected chi connectivity index (χ1v) is 6.77. The van der Waals surface area contributed by atoms with E-state index < -0.39 is 17.1 Å². The average molecular weight is 295 g/mol. The Kier molecular flexibility index (Phi) is 6.10. The fraction of sp³-hybridized carbons (Fsp3) is 0.500. The summed E-state index contributed by atoms with van der Waals surface area (Å²) in [6.07, 6.45) is 0.181. The van der Waals surface area contributed by atoms with Gasteiger partial charge in [0.1, 0.15) is 0 Å². The minimum absolute atomic E-state index is 0.0322. The lowest BCUT2D eigenvalue weighted by Gasteiger charge is -2.14. The molecule has 1 aromatic rings. The van der Waals surface area contributed by atoms with Gasteiger partial charge in [0.2, 0.25) is 0 Å². The van der Waals surface area contributed by atoms with Crippen LogP contribution in [0.25, 0.3) is 0 Å². The second-order valence-corrected chi connectivity index (χ2v) is 5.28. The Hall–Kier alpha value is -2.15. The Bertz CT molecular complexity index is 517. The number of amides is 2. The molecule has 0 aliphatic rings. The zero-order chi connectivity index (χ0) is 16.0. The van der Waals surface area contributed by atoms with Crippen LogP contribution in [0.4, 0.5) is 16.2 Å². The van der Waals surface area contributed by atoms with Gasteiger partial charge in [0.15, 0.2) is 0 Å². The van der Waals surface area contributed by atoms with Gasteiger partial charge in [0.25, 0.3) is 5.69 Å². The molecule has 2 unspecified atom stereocenters. The van der Waals surface area contributed by atoms with Crippen LogP contribution in [0.15, 0.2) is 18.2 Å². The van der Waals surface area contributed by atoms with Crippen LogP contribution in [-0.2, 0) is 0 Å². The van der Waals surface area contributed by atoms with Crippen molar-refractivity contribution in [2.45, 2.75) is 33.3 Å². The highest BCUT2D eigenvalue weighted by molar-refractivity contribution is 5.89. The molecule has 0 aliphatic carbocycles. The number of benzene rings is 1. The van der Waals surface area contributed by atoms with Gasteiger partial charge in [0, 0.05) is 23.9 Å². The van der Waals surface area contributed by atoms with E-state index in [2.05, 4.69) is 10.6 Å². The maximum Gasteiger partial charge on any atom is 0.319 e. The number of nitrogens with zero attached hydrogens (tertiary/aromatic N) is 1. The summed E-state index contributed by atoms with van der Waals surface area (Å²) in [5.74, 6) is 0.142. The zero-order valence-corrected chi connectivity index (χ0v) is 12.4. The number of anilines is 1. The molecular formula is C14H21N3O4. The largest absolute Gasteiger partial charge is 0.393 e. The van der Waals surface area contributed by atoms with E-state index in [1.165, 1.54) is 6.07 Å². The molecule has 0 bridgehead atoms. The van der Waals surface area contributed by atoms with Gasteiger partial charge in [-0.2, -0.15) is 0 Å². The van der Waals surface area contributed by atoms with Crippen molar-refractivity contribution in [1.29, 1.82) is 0 Å². The topological polar surface area (TPSA) is 104 Å². The number of aryl methyl sites for hydroxylation is 1. The molecule has 7 nitrogen and oxygen atoms in total. The van der Waals surface area contributed by atoms with Crippen molar-refractivity contribution in [3.05, 3.63) is 33.9 Å². The number of rotatable bonds is 6. The molecule has 0 fully saturated rings. The third kappa shape index (κ3) is 5.78. The van der Waals surface area contributed by atoms with Crippen molar-refractivity contribution in [3.8, 4) is 0 Å². The number of nitrogens with one attached hydrogen (secondary N) is 2. The Morgan fingerprint density at radius 1 is 1.43 bits per heavy atom. The molecule has 2 atom stereocenters. The molecule has 2 amide bonds. The average Bonchev–Trinajstić information content (AvgIpc) is 2.37. The smallest absolute Gasteiger partial charge is 0.319 e. The number of urea groups is 1. The Labute approximate surface area is 123 Å². The molecule has 1 rings (SSSR count). The van der Waals surface area contributed by atoms with Gasteiger partial charge in [-0.15, -0.1) is 0 Å². The number of hydrogen-bond donors (Lipinski definition) is 3. The summed E-state index contributed by atoms with van der Waals surface area (Å²) in [6, 6.07) is 4.10. The van der Waals surface area contributed by atoms with Crippen LogP contribution in [0.2, 0.25) is 0 Å². The van der Waals surface area contributed by atoms with E-state index in [1.807, 2.05) is 6.92 Å². The summed E-state index contributed by atoms with van der Waals surface area (Å²) in [6.45, 7) is 5.68. The first-order valence-electron chi connectivity index (χ1n) is 6.77. The second-order valence-electron chi connectivity index (χ2n) is 5.28. The SMILES string of the molecule is Cc1ccc(NC(=O)NCC(C)CC(C)O)cc1[N+](=O)[O-]. The zero-order valence-electron chi connectivity index (χ0n) is 12.4. The van der Waals surface area contributed by atoms with E-state index in [1.54, 1.807) is 26.0 Å².